The van der Waals surface area contributed by atoms with Crippen LogP contribution in [0, 0.1) is 5.92 Å². The molecule has 0 radical (unpaired) electrons. The minimum absolute atomic E-state index is 0.160. The van der Waals surface area contributed by atoms with E-state index in [1.807, 2.05) is 36.2 Å². The van der Waals surface area contributed by atoms with Crippen molar-refractivity contribution in [3.8, 4) is 0 Å². The first-order valence-electron chi connectivity index (χ1n) is 6.82. The first kappa shape index (κ1) is 14.5. The maximum atomic E-state index is 12.4. The van der Waals surface area contributed by atoms with Crippen molar-refractivity contribution in [2.75, 3.05) is 7.05 Å². The lowest BCUT2D eigenvalue weighted by Gasteiger charge is -2.29. The number of rotatable bonds is 3. The van der Waals surface area contributed by atoms with Crippen LogP contribution in [0.5, 0.6) is 0 Å². The van der Waals surface area contributed by atoms with E-state index in [4.69, 9.17) is 5.73 Å². The predicted molar refractivity (Wildman–Crippen MR) is 80.5 cm³/mol. The van der Waals surface area contributed by atoms with Gasteiger partial charge in [0, 0.05) is 30.0 Å². The molecule has 0 unspecified atom stereocenters. The van der Waals surface area contributed by atoms with E-state index in [0.717, 1.165) is 35.7 Å². The molecule has 1 fully saturated rings. The van der Waals surface area contributed by atoms with Crippen LogP contribution in [0.4, 0.5) is 0 Å². The number of carbonyl (C=O) groups excluding carboxylic acids is 1. The monoisotopic (exact) mass is 324 g/mol. The number of benzene rings is 1. The molecular formula is C15H21BrN2O. The molecule has 19 heavy (non-hydrogen) atoms. The van der Waals surface area contributed by atoms with Gasteiger partial charge in [-0.2, -0.15) is 0 Å². The number of nitrogens with zero attached hydrogens (tertiary/aromatic N) is 1. The quantitative estimate of drug-likeness (QED) is 0.929. The molecule has 0 heterocycles. The highest BCUT2D eigenvalue weighted by Gasteiger charge is 2.26. The van der Waals surface area contributed by atoms with Crippen LogP contribution in [0.15, 0.2) is 28.7 Å². The summed E-state index contributed by atoms with van der Waals surface area (Å²) in [6, 6.07) is 8.33. The van der Waals surface area contributed by atoms with Gasteiger partial charge in [0.2, 0.25) is 5.91 Å². The summed E-state index contributed by atoms with van der Waals surface area (Å²) in [4.78, 5) is 14.2. The zero-order valence-electron chi connectivity index (χ0n) is 11.3. The van der Waals surface area contributed by atoms with E-state index in [-0.39, 0.29) is 17.9 Å². The Hall–Kier alpha value is -0.870. The lowest BCUT2D eigenvalue weighted by Crippen LogP contribution is -2.37. The molecule has 0 aliphatic heterocycles. The fourth-order valence-corrected chi connectivity index (χ4v) is 3.05. The van der Waals surface area contributed by atoms with E-state index in [1.165, 1.54) is 0 Å². The van der Waals surface area contributed by atoms with Gasteiger partial charge in [0.25, 0.3) is 0 Å². The summed E-state index contributed by atoms with van der Waals surface area (Å²) >= 11 is 3.52. The van der Waals surface area contributed by atoms with Crippen LogP contribution in [-0.4, -0.2) is 23.9 Å². The highest BCUT2D eigenvalue weighted by atomic mass is 79.9. The second-order valence-electron chi connectivity index (χ2n) is 5.40. The third-order valence-electron chi connectivity index (χ3n) is 3.86. The van der Waals surface area contributed by atoms with E-state index in [2.05, 4.69) is 15.9 Å². The van der Waals surface area contributed by atoms with Gasteiger partial charge in [0.15, 0.2) is 0 Å². The van der Waals surface area contributed by atoms with Crippen molar-refractivity contribution in [2.24, 2.45) is 11.7 Å². The number of nitrogens with two attached hydrogens (primary N) is 1. The van der Waals surface area contributed by atoms with Crippen LogP contribution in [-0.2, 0) is 11.3 Å². The Morgan fingerprint density at radius 2 is 1.95 bits per heavy atom. The Morgan fingerprint density at radius 3 is 2.58 bits per heavy atom. The molecule has 1 aromatic rings. The van der Waals surface area contributed by atoms with Gasteiger partial charge in [-0.25, -0.2) is 0 Å². The van der Waals surface area contributed by atoms with Crippen molar-refractivity contribution < 1.29 is 4.79 Å². The third-order valence-corrected chi connectivity index (χ3v) is 4.64. The highest BCUT2D eigenvalue weighted by Crippen LogP contribution is 2.26. The molecule has 2 rings (SSSR count). The van der Waals surface area contributed by atoms with Gasteiger partial charge >= 0.3 is 0 Å². The van der Waals surface area contributed by atoms with Crippen LogP contribution in [0.2, 0.25) is 0 Å². The van der Waals surface area contributed by atoms with Crippen molar-refractivity contribution >= 4 is 21.8 Å². The molecular weight excluding hydrogens is 304 g/mol. The fourth-order valence-electron chi connectivity index (χ4n) is 2.64. The van der Waals surface area contributed by atoms with Crippen molar-refractivity contribution in [3.63, 3.8) is 0 Å². The summed E-state index contributed by atoms with van der Waals surface area (Å²) in [5, 5.41) is 0. The highest BCUT2D eigenvalue weighted by molar-refractivity contribution is 9.10. The molecule has 1 amide bonds. The Morgan fingerprint density at radius 1 is 1.32 bits per heavy atom. The number of hydrogen-bond acceptors (Lipinski definition) is 2. The molecule has 4 heteroatoms. The summed E-state index contributed by atoms with van der Waals surface area (Å²) < 4.78 is 1.06. The third kappa shape index (κ3) is 3.80. The van der Waals surface area contributed by atoms with Gasteiger partial charge < -0.3 is 10.6 Å². The molecule has 1 aromatic carbocycles. The van der Waals surface area contributed by atoms with E-state index in [1.54, 1.807) is 0 Å². The van der Waals surface area contributed by atoms with Gasteiger partial charge in [-0.1, -0.05) is 34.1 Å². The molecule has 0 saturated heterocycles. The van der Waals surface area contributed by atoms with Crippen LogP contribution in [0.25, 0.3) is 0 Å². The smallest absolute Gasteiger partial charge is 0.225 e. The van der Waals surface area contributed by atoms with Crippen LogP contribution >= 0.6 is 15.9 Å². The number of hydrogen-bond donors (Lipinski definition) is 1. The molecule has 1 aliphatic rings. The normalized spacial score (nSPS) is 23.1. The molecule has 1 saturated carbocycles. The molecule has 104 valence electrons. The summed E-state index contributed by atoms with van der Waals surface area (Å²) in [6.07, 6.45) is 3.80. The van der Waals surface area contributed by atoms with Crippen molar-refractivity contribution in [3.05, 3.63) is 34.3 Å². The van der Waals surface area contributed by atoms with Crippen molar-refractivity contribution in [1.82, 2.24) is 4.90 Å². The van der Waals surface area contributed by atoms with Crippen molar-refractivity contribution in [1.29, 1.82) is 0 Å². The number of amides is 1. The molecule has 0 aromatic heterocycles. The van der Waals surface area contributed by atoms with Crippen LogP contribution in [0.1, 0.15) is 31.2 Å². The molecule has 2 N–H and O–H groups in total. The standard InChI is InChI=1S/C15H21BrN2O/c1-18(10-12-4-2-3-5-14(12)16)15(19)11-6-8-13(17)9-7-11/h2-5,11,13H,6-10,17H2,1H3. The molecule has 0 spiro atoms. The fraction of sp³-hybridized carbons (Fsp3) is 0.533. The van der Waals surface area contributed by atoms with Gasteiger partial charge in [-0.15, -0.1) is 0 Å². The van der Waals surface area contributed by atoms with E-state index < -0.39 is 0 Å². The van der Waals surface area contributed by atoms with Gasteiger partial charge in [0.05, 0.1) is 0 Å². The molecule has 3 nitrogen and oxygen atoms in total. The topological polar surface area (TPSA) is 46.3 Å². The number of carbonyl (C=O) groups is 1. The first-order valence-corrected chi connectivity index (χ1v) is 7.61. The zero-order valence-corrected chi connectivity index (χ0v) is 12.9. The van der Waals surface area contributed by atoms with Crippen LogP contribution in [0.3, 0.4) is 0 Å². The Balaban J connectivity index is 1.94. The summed E-state index contributed by atoms with van der Waals surface area (Å²) in [7, 11) is 1.89. The average Bonchev–Trinajstić information content (AvgIpc) is 2.41. The maximum absolute atomic E-state index is 12.4. The maximum Gasteiger partial charge on any atom is 0.225 e. The average molecular weight is 325 g/mol. The molecule has 1 aliphatic carbocycles. The Bertz CT molecular complexity index is 442. The minimum atomic E-state index is 0.160. The zero-order chi connectivity index (χ0) is 13.8. The summed E-state index contributed by atoms with van der Waals surface area (Å²) in [6.45, 7) is 0.656. The van der Waals surface area contributed by atoms with E-state index in [0.29, 0.717) is 6.54 Å². The predicted octanol–water partition coefficient (Wildman–Crippen LogP) is 2.93. The molecule has 0 atom stereocenters. The first-order chi connectivity index (χ1) is 9.08. The number of halogens is 1. The van der Waals surface area contributed by atoms with Gasteiger partial charge in [-0.05, 0) is 37.3 Å². The second kappa shape index (κ2) is 6.53. The Labute approximate surface area is 123 Å². The lowest BCUT2D eigenvalue weighted by atomic mass is 9.85. The lowest BCUT2D eigenvalue weighted by molar-refractivity contribution is -0.135. The van der Waals surface area contributed by atoms with Crippen LogP contribution < -0.4 is 5.73 Å². The van der Waals surface area contributed by atoms with E-state index in [9.17, 15) is 4.79 Å². The van der Waals surface area contributed by atoms with Gasteiger partial charge in [0.1, 0.15) is 0 Å². The second-order valence-corrected chi connectivity index (χ2v) is 6.25. The molecule has 0 bridgehead atoms. The SMILES string of the molecule is CN(Cc1ccccc1Br)C(=O)C1CCC(N)CC1. The summed E-state index contributed by atoms with van der Waals surface area (Å²) in [5.41, 5.74) is 7.03. The van der Waals surface area contributed by atoms with E-state index >= 15 is 0 Å². The van der Waals surface area contributed by atoms with Gasteiger partial charge in [-0.3, -0.25) is 4.79 Å². The Kier molecular flexibility index (Phi) is 4.99. The minimum Gasteiger partial charge on any atom is -0.341 e. The summed E-state index contributed by atoms with van der Waals surface area (Å²) in [5.74, 6) is 0.412. The largest absolute Gasteiger partial charge is 0.341 e. The van der Waals surface area contributed by atoms with Crippen molar-refractivity contribution in [2.45, 2.75) is 38.3 Å².